The van der Waals surface area contributed by atoms with Gasteiger partial charge in [0.2, 0.25) is 0 Å². The Hall–Kier alpha value is -2.44. The van der Waals surface area contributed by atoms with Gasteiger partial charge in [0.1, 0.15) is 17.1 Å². The zero-order chi connectivity index (χ0) is 17.9. The molecule has 0 spiro atoms. The van der Waals surface area contributed by atoms with Crippen molar-refractivity contribution in [3.8, 4) is 5.75 Å². The first-order valence-corrected chi connectivity index (χ1v) is 9.09. The lowest BCUT2D eigenvalue weighted by molar-refractivity contribution is 0.206. The molecule has 1 aromatic carbocycles. The van der Waals surface area contributed by atoms with E-state index < -0.39 is 0 Å². The van der Waals surface area contributed by atoms with Crippen LogP contribution in [0, 0.1) is 0 Å². The van der Waals surface area contributed by atoms with Crippen molar-refractivity contribution < 1.29 is 5.11 Å². The standard InChI is InChI=1S/C19H20ClN5O/c20-14-3-5-17(26)13(10-14)11-25-9-1-2-15(12-25)23-18-6-4-16-19(24-18)22-8-7-21-16/h3-8,10,15,26H,1-2,9,11-12H2,(H,22,23,24). The molecule has 1 aliphatic rings. The van der Waals surface area contributed by atoms with Crippen molar-refractivity contribution in [2.45, 2.75) is 25.4 Å². The van der Waals surface area contributed by atoms with Gasteiger partial charge in [-0.1, -0.05) is 11.6 Å². The summed E-state index contributed by atoms with van der Waals surface area (Å²) in [5, 5.41) is 14.2. The lowest BCUT2D eigenvalue weighted by Crippen LogP contribution is -2.41. The molecule has 1 atom stereocenters. The summed E-state index contributed by atoms with van der Waals surface area (Å²) in [5.41, 5.74) is 2.30. The maximum absolute atomic E-state index is 10.0. The molecule has 0 radical (unpaired) electrons. The number of pyridine rings is 1. The third-order valence-corrected chi connectivity index (χ3v) is 4.86. The molecule has 1 unspecified atom stereocenters. The van der Waals surface area contributed by atoms with Gasteiger partial charge in [-0.15, -0.1) is 0 Å². The molecular formula is C19H20ClN5O. The number of phenols is 1. The van der Waals surface area contributed by atoms with E-state index in [-0.39, 0.29) is 0 Å². The van der Waals surface area contributed by atoms with Gasteiger partial charge in [0.05, 0.1) is 0 Å². The van der Waals surface area contributed by atoms with Gasteiger partial charge in [0, 0.05) is 42.1 Å². The van der Waals surface area contributed by atoms with Crippen molar-refractivity contribution in [2.24, 2.45) is 0 Å². The molecular weight excluding hydrogens is 350 g/mol. The molecule has 0 amide bonds. The van der Waals surface area contributed by atoms with Crippen LogP contribution in [0.15, 0.2) is 42.7 Å². The normalized spacial score (nSPS) is 18.1. The third kappa shape index (κ3) is 3.86. The predicted octanol–water partition coefficient (Wildman–Crippen LogP) is 3.46. The van der Waals surface area contributed by atoms with E-state index in [9.17, 15) is 5.11 Å². The van der Waals surface area contributed by atoms with Crippen LogP contribution >= 0.6 is 11.6 Å². The fourth-order valence-corrected chi connectivity index (χ4v) is 3.58. The van der Waals surface area contributed by atoms with E-state index in [4.69, 9.17) is 11.6 Å². The minimum absolute atomic E-state index is 0.291. The molecule has 26 heavy (non-hydrogen) atoms. The number of hydrogen-bond donors (Lipinski definition) is 2. The summed E-state index contributed by atoms with van der Waals surface area (Å²) in [6.45, 7) is 2.56. The average Bonchev–Trinajstić information content (AvgIpc) is 2.65. The minimum atomic E-state index is 0.291. The van der Waals surface area contributed by atoms with Crippen LogP contribution in [0.4, 0.5) is 5.82 Å². The van der Waals surface area contributed by atoms with Crippen LogP contribution in [-0.2, 0) is 6.54 Å². The monoisotopic (exact) mass is 369 g/mol. The molecule has 7 heteroatoms. The summed E-state index contributed by atoms with van der Waals surface area (Å²) in [5.74, 6) is 1.11. The Morgan fingerprint density at radius 3 is 3.00 bits per heavy atom. The van der Waals surface area contributed by atoms with Crippen molar-refractivity contribution >= 4 is 28.6 Å². The van der Waals surface area contributed by atoms with Crippen LogP contribution in [0.3, 0.4) is 0 Å². The Labute approximate surface area is 156 Å². The lowest BCUT2D eigenvalue weighted by atomic mass is 10.0. The second kappa shape index (κ2) is 7.43. The van der Waals surface area contributed by atoms with Gasteiger partial charge in [0.15, 0.2) is 5.65 Å². The Bertz CT molecular complexity index is 919. The van der Waals surface area contributed by atoms with Crippen LogP contribution in [0.2, 0.25) is 5.02 Å². The van der Waals surface area contributed by atoms with Crippen LogP contribution in [0.25, 0.3) is 11.2 Å². The number of rotatable bonds is 4. The summed E-state index contributed by atoms with van der Waals surface area (Å²) < 4.78 is 0. The van der Waals surface area contributed by atoms with Gasteiger partial charge in [-0.2, -0.15) is 0 Å². The highest BCUT2D eigenvalue weighted by atomic mass is 35.5. The molecule has 3 heterocycles. The quantitative estimate of drug-likeness (QED) is 0.733. The Morgan fingerprint density at radius 1 is 1.19 bits per heavy atom. The average molecular weight is 370 g/mol. The van der Waals surface area contributed by atoms with Crippen LogP contribution in [-0.4, -0.2) is 44.1 Å². The molecule has 0 bridgehead atoms. The zero-order valence-corrected chi connectivity index (χ0v) is 15.0. The van der Waals surface area contributed by atoms with Crippen molar-refractivity contribution in [2.75, 3.05) is 18.4 Å². The fourth-order valence-electron chi connectivity index (χ4n) is 3.38. The second-order valence-corrected chi connectivity index (χ2v) is 7.02. The number of fused-ring (bicyclic) bond motifs is 1. The molecule has 1 saturated heterocycles. The highest BCUT2D eigenvalue weighted by molar-refractivity contribution is 6.30. The summed E-state index contributed by atoms with van der Waals surface area (Å²) in [7, 11) is 0. The SMILES string of the molecule is Oc1ccc(Cl)cc1CN1CCCC(Nc2ccc3nccnc3n2)C1. The first-order chi connectivity index (χ1) is 12.7. The number of halogens is 1. The Morgan fingerprint density at radius 2 is 2.08 bits per heavy atom. The molecule has 1 fully saturated rings. The van der Waals surface area contributed by atoms with Crippen molar-refractivity contribution in [1.29, 1.82) is 0 Å². The maximum atomic E-state index is 10.0. The molecule has 4 rings (SSSR count). The summed E-state index contributed by atoms with van der Waals surface area (Å²) >= 11 is 6.06. The number of anilines is 1. The van der Waals surface area contributed by atoms with Gasteiger partial charge >= 0.3 is 0 Å². The maximum Gasteiger partial charge on any atom is 0.180 e. The number of hydrogen-bond acceptors (Lipinski definition) is 6. The van der Waals surface area contributed by atoms with Gasteiger partial charge in [-0.3, -0.25) is 9.88 Å². The first-order valence-electron chi connectivity index (χ1n) is 8.71. The smallest absolute Gasteiger partial charge is 0.180 e. The number of piperidine rings is 1. The summed E-state index contributed by atoms with van der Waals surface area (Å²) in [6, 6.07) is 9.36. The fraction of sp³-hybridized carbons (Fsp3) is 0.316. The van der Waals surface area contributed by atoms with E-state index >= 15 is 0 Å². The summed E-state index contributed by atoms with van der Waals surface area (Å²) in [4.78, 5) is 15.4. The number of aromatic hydroxyl groups is 1. The van der Waals surface area contributed by atoms with Crippen LogP contribution < -0.4 is 5.32 Å². The highest BCUT2D eigenvalue weighted by Gasteiger charge is 2.21. The van der Waals surface area contributed by atoms with Crippen LogP contribution in [0.1, 0.15) is 18.4 Å². The second-order valence-electron chi connectivity index (χ2n) is 6.59. The van der Waals surface area contributed by atoms with E-state index in [1.165, 1.54) is 0 Å². The Kier molecular flexibility index (Phi) is 4.86. The molecule has 2 N–H and O–H groups in total. The van der Waals surface area contributed by atoms with Gasteiger partial charge in [-0.25, -0.2) is 9.97 Å². The number of nitrogens with zero attached hydrogens (tertiary/aromatic N) is 4. The molecule has 0 aliphatic carbocycles. The van der Waals surface area contributed by atoms with Crippen molar-refractivity contribution in [1.82, 2.24) is 19.9 Å². The lowest BCUT2D eigenvalue weighted by Gasteiger charge is -2.33. The largest absolute Gasteiger partial charge is 0.508 e. The van der Waals surface area contributed by atoms with E-state index in [2.05, 4.69) is 25.2 Å². The van der Waals surface area contributed by atoms with Crippen molar-refractivity contribution in [3.05, 3.63) is 53.3 Å². The topological polar surface area (TPSA) is 74.2 Å². The molecule has 134 valence electrons. The minimum Gasteiger partial charge on any atom is -0.508 e. The van der Waals surface area contributed by atoms with Gasteiger partial charge in [0.25, 0.3) is 0 Å². The molecule has 2 aromatic heterocycles. The number of phenolic OH excluding ortho intramolecular Hbond substituents is 1. The molecule has 3 aromatic rings. The van der Waals surface area contributed by atoms with Gasteiger partial charge in [-0.05, 0) is 49.7 Å². The zero-order valence-electron chi connectivity index (χ0n) is 14.3. The highest BCUT2D eigenvalue weighted by Crippen LogP contribution is 2.25. The van der Waals surface area contributed by atoms with E-state index in [1.807, 2.05) is 18.2 Å². The third-order valence-electron chi connectivity index (χ3n) is 4.62. The first kappa shape index (κ1) is 17.0. The van der Waals surface area contributed by atoms with Crippen molar-refractivity contribution in [3.63, 3.8) is 0 Å². The predicted molar refractivity (Wildman–Crippen MR) is 102 cm³/mol. The molecule has 0 saturated carbocycles. The number of likely N-dealkylation sites (tertiary alicyclic amines) is 1. The van der Waals surface area contributed by atoms with E-state index in [1.54, 1.807) is 24.5 Å². The van der Waals surface area contributed by atoms with Crippen LogP contribution in [0.5, 0.6) is 5.75 Å². The molecule has 1 aliphatic heterocycles. The molecule has 6 nitrogen and oxygen atoms in total. The Balaban J connectivity index is 1.43. The summed E-state index contributed by atoms with van der Waals surface area (Å²) in [6.07, 6.45) is 5.49. The number of nitrogens with one attached hydrogen (secondary N) is 1. The van der Waals surface area contributed by atoms with E-state index in [0.717, 1.165) is 42.8 Å². The number of benzene rings is 1. The number of aromatic nitrogens is 3. The van der Waals surface area contributed by atoms with E-state index in [0.29, 0.717) is 29.0 Å². The van der Waals surface area contributed by atoms with Gasteiger partial charge < -0.3 is 10.4 Å².